The molecule has 0 aliphatic carbocycles. The van der Waals surface area contributed by atoms with Crippen LogP contribution < -0.4 is 15.4 Å². The highest BCUT2D eigenvalue weighted by molar-refractivity contribution is 5.88. The average Bonchev–Trinajstić information content (AvgIpc) is 2.72. The van der Waals surface area contributed by atoms with Crippen molar-refractivity contribution in [1.29, 1.82) is 0 Å². The van der Waals surface area contributed by atoms with Crippen molar-refractivity contribution in [1.82, 2.24) is 20.5 Å². The minimum atomic E-state index is -0.474. The molecule has 1 aromatic carbocycles. The molecule has 0 radical (unpaired) electrons. The Hall–Kier alpha value is -2.93. The van der Waals surface area contributed by atoms with Crippen molar-refractivity contribution in [2.24, 2.45) is 0 Å². The summed E-state index contributed by atoms with van der Waals surface area (Å²) in [5, 5.41) is 5.81. The number of ether oxygens (including phenoxy) is 1. The molecule has 2 N–H and O–H groups in total. The second-order valence-corrected chi connectivity index (χ2v) is 7.65. The van der Waals surface area contributed by atoms with Crippen LogP contribution in [-0.2, 0) is 22.6 Å². The number of nitrogens with zero attached hydrogens (tertiary/aromatic N) is 2. The molecule has 7 heteroatoms. The fourth-order valence-electron chi connectivity index (χ4n) is 3.79. The molecule has 1 atom stereocenters. The Morgan fingerprint density at radius 1 is 1.30 bits per heavy atom. The van der Waals surface area contributed by atoms with E-state index in [0.717, 1.165) is 28.1 Å². The van der Waals surface area contributed by atoms with Gasteiger partial charge in [-0.1, -0.05) is 18.2 Å². The summed E-state index contributed by atoms with van der Waals surface area (Å²) in [4.78, 5) is 31.4. The van der Waals surface area contributed by atoms with Gasteiger partial charge < -0.3 is 15.4 Å². The number of rotatable bonds is 8. The Morgan fingerprint density at radius 3 is 2.87 bits per heavy atom. The first-order valence-corrected chi connectivity index (χ1v) is 10.3. The third kappa shape index (κ3) is 5.57. The lowest BCUT2D eigenvalue weighted by Gasteiger charge is -2.34. The SMILES string of the molecule is COc1ccc(CN2CCNC(=O)[C@@H]2CC(=O)NCCc2ncccc2C)cc1C. The predicted molar refractivity (Wildman–Crippen MR) is 115 cm³/mol. The zero-order valence-corrected chi connectivity index (χ0v) is 17.9. The largest absolute Gasteiger partial charge is 0.496 e. The molecule has 30 heavy (non-hydrogen) atoms. The first-order chi connectivity index (χ1) is 14.5. The van der Waals surface area contributed by atoms with Gasteiger partial charge in [0.2, 0.25) is 11.8 Å². The van der Waals surface area contributed by atoms with E-state index in [2.05, 4.69) is 26.6 Å². The Bertz CT molecular complexity index is 900. The van der Waals surface area contributed by atoms with E-state index >= 15 is 0 Å². The van der Waals surface area contributed by atoms with Crippen LogP contribution in [0.15, 0.2) is 36.5 Å². The summed E-state index contributed by atoms with van der Waals surface area (Å²) < 4.78 is 5.32. The first kappa shape index (κ1) is 21.8. The van der Waals surface area contributed by atoms with Gasteiger partial charge in [0.15, 0.2) is 0 Å². The molecule has 0 unspecified atom stereocenters. The van der Waals surface area contributed by atoms with Gasteiger partial charge in [-0.25, -0.2) is 0 Å². The summed E-state index contributed by atoms with van der Waals surface area (Å²) in [5.41, 5.74) is 4.23. The standard InChI is InChI=1S/C23H30N4O3/c1-16-5-4-9-24-19(16)8-10-25-22(28)14-20-23(29)26-11-12-27(20)15-18-6-7-21(30-3)17(2)13-18/h4-7,9,13,20H,8,10-12,14-15H2,1-3H3,(H,25,28)(H,26,29)/t20-/m0/s1. The average molecular weight is 411 g/mol. The molecular weight excluding hydrogens is 380 g/mol. The van der Waals surface area contributed by atoms with Gasteiger partial charge in [-0.15, -0.1) is 0 Å². The van der Waals surface area contributed by atoms with Crippen LogP contribution in [-0.4, -0.2) is 54.5 Å². The zero-order chi connectivity index (χ0) is 21.5. The highest BCUT2D eigenvalue weighted by Crippen LogP contribution is 2.21. The second kappa shape index (κ2) is 10.2. The minimum absolute atomic E-state index is 0.0952. The van der Waals surface area contributed by atoms with Gasteiger partial charge in [0.25, 0.3) is 0 Å². The lowest BCUT2D eigenvalue weighted by Crippen LogP contribution is -2.56. The zero-order valence-electron chi connectivity index (χ0n) is 17.9. The van der Waals surface area contributed by atoms with Gasteiger partial charge >= 0.3 is 0 Å². The molecule has 3 rings (SSSR count). The number of hydrogen-bond donors (Lipinski definition) is 2. The molecule has 2 aromatic rings. The van der Waals surface area contributed by atoms with Crippen LogP contribution in [0, 0.1) is 13.8 Å². The topological polar surface area (TPSA) is 83.6 Å². The number of amides is 2. The normalized spacial score (nSPS) is 16.8. The molecule has 1 aromatic heterocycles. The smallest absolute Gasteiger partial charge is 0.237 e. The number of piperazine rings is 1. The summed E-state index contributed by atoms with van der Waals surface area (Å²) in [6, 6.07) is 9.45. The van der Waals surface area contributed by atoms with E-state index in [1.807, 2.05) is 38.1 Å². The number of methoxy groups -OCH3 is 1. The van der Waals surface area contributed by atoms with E-state index in [1.54, 1.807) is 13.3 Å². The van der Waals surface area contributed by atoms with Gasteiger partial charge in [0.05, 0.1) is 19.6 Å². The van der Waals surface area contributed by atoms with Crippen molar-refractivity contribution in [3.05, 3.63) is 58.9 Å². The molecule has 160 valence electrons. The van der Waals surface area contributed by atoms with Crippen LogP contribution >= 0.6 is 0 Å². The van der Waals surface area contributed by atoms with Gasteiger partial charge in [0.1, 0.15) is 5.75 Å². The van der Waals surface area contributed by atoms with E-state index in [1.165, 1.54) is 0 Å². The fourth-order valence-corrected chi connectivity index (χ4v) is 3.79. The Morgan fingerprint density at radius 2 is 2.13 bits per heavy atom. The molecular formula is C23H30N4O3. The van der Waals surface area contributed by atoms with E-state index in [9.17, 15) is 9.59 Å². The summed E-state index contributed by atoms with van der Waals surface area (Å²) in [7, 11) is 1.65. The molecule has 7 nitrogen and oxygen atoms in total. The number of nitrogens with one attached hydrogen (secondary N) is 2. The van der Waals surface area contributed by atoms with Crippen molar-refractivity contribution < 1.29 is 14.3 Å². The number of aryl methyl sites for hydroxylation is 2. The summed E-state index contributed by atoms with van der Waals surface area (Å²) in [6.07, 6.45) is 2.57. The molecule has 0 bridgehead atoms. The van der Waals surface area contributed by atoms with Crippen LogP contribution in [0.1, 0.15) is 28.8 Å². The maximum Gasteiger partial charge on any atom is 0.237 e. The van der Waals surface area contributed by atoms with Gasteiger partial charge in [-0.2, -0.15) is 0 Å². The van der Waals surface area contributed by atoms with Crippen molar-refractivity contribution >= 4 is 11.8 Å². The summed E-state index contributed by atoms with van der Waals surface area (Å²) in [6.45, 7) is 6.42. The van der Waals surface area contributed by atoms with E-state index in [-0.39, 0.29) is 18.2 Å². The molecule has 0 spiro atoms. The Labute approximate surface area is 177 Å². The van der Waals surface area contributed by atoms with Crippen LogP contribution in [0.3, 0.4) is 0 Å². The van der Waals surface area contributed by atoms with Crippen molar-refractivity contribution in [3.63, 3.8) is 0 Å². The van der Waals surface area contributed by atoms with Crippen molar-refractivity contribution in [2.75, 3.05) is 26.7 Å². The number of aromatic nitrogens is 1. The number of hydrogen-bond acceptors (Lipinski definition) is 5. The van der Waals surface area contributed by atoms with Crippen molar-refractivity contribution in [2.45, 2.75) is 39.3 Å². The minimum Gasteiger partial charge on any atom is -0.496 e. The quantitative estimate of drug-likeness (QED) is 0.693. The van der Waals surface area contributed by atoms with Crippen molar-refractivity contribution in [3.8, 4) is 5.75 Å². The maximum absolute atomic E-state index is 12.5. The molecule has 1 fully saturated rings. The van der Waals surface area contributed by atoms with Gasteiger partial charge in [-0.05, 0) is 42.7 Å². The van der Waals surface area contributed by atoms with Gasteiger partial charge in [0, 0.05) is 44.5 Å². The van der Waals surface area contributed by atoms with E-state index in [0.29, 0.717) is 32.6 Å². The number of carbonyl (C=O) groups excluding carboxylic acids is 2. The van der Waals surface area contributed by atoms with E-state index < -0.39 is 6.04 Å². The maximum atomic E-state index is 12.5. The number of carbonyl (C=O) groups is 2. The number of pyridine rings is 1. The van der Waals surface area contributed by atoms with E-state index in [4.69, 9.17) is 4.74 Å². The molecule has 0 saturated carbocycles. The second-order valence-electron chi connectivity index (χ2n) is 7.65. The molecule has 1 aliphatic rings. The van der Waals surface area contributed by atoms with Crippen LogP contribution in [0.2, 0.25) is 0 Å². The molecule has 2 heterocycles. The lowest BCUT2D eigenvalue weighted by molar-refractivity contribution is -0.134. The summed E-state index contributed by atoms with van der Waals surface area (Å²) in [5.74, 6) is 0.623. The molecule has 2 amide bonds. The Kier molecular flexibility index (Phi) is 7.41. The third-order valence-electron chi connectivity index (χ3n) is 5.47. The fraction of sp³-hybridized carbons (Fsp3) is 0.435. The Balaban J connectivity index is 1.57. The predicted octanol–water partition coefficient (Wildman–Crippen LogP) is 1.76. The van der Waals surface area contributed by atoms with Crippen LogP contribution in [0.5, 0.6) is 5.75 Å². The third-order valence-corrected chi connectivity index (χ3v) is 5.47. The highest BCUT2D eigenvalue weighted by atomic mass is 16.5. The number of benzene rings is 1. The van der Waals surface area contributed by atoms with Crippen LogP contribution in [0.4, 0.5) is 0 Å². The highest BCUT2D eigenvalue weighted by Gasteiger charge is 2.31. The molecule has 1 saturated heterocycles. The molecule has 1 aliphatic heterocycles. The first-order valence-electron chi connectivity index (χ1n) is 10.3. The summed E-state index contributed by atoms with van der Waals surface area (Å²) >= 11 is 0. The monoisotopic (exact) mass is 410 g/mol. The lowest BCUT2D eigenvalue weighted by atomic mass is 10.0. The van der Waals surface area contributed by atoms with Gasteiger partial charge in [-0.3, -0.25) is 19.5 Å². The van der Waals surface area contributed by atoms with Crippen LogP contribution in [0.25, 0.3) is 0 Å².